The van der Waals surface area contributed by atoms with E-state index >= 15 is 0 Å². The number of benzene rings is 1. The lowest BCUT2D eigenvalue weighted by Crippen LogP contribution is -2.28. The summed E-state index contributed by atoms with van der Waals surface area (Å²) >= 11 is 12.9. The van der Waals surface area contributed by atoms with Crippen LogP contribution >= 0.6 is 35.0 Å². The second-order valence-corrected chi connectivity index (χ2v) is 7.09. The third-order valence-electron chi connectivity index (χ3n) is 3.34. The minimum atomic E-state index is -0.269. The van der Waals surface area contributed by atoms with Crippen molar-refractivity contribution >= 4 is 52.5 Å². The molecule has 3 N–H and O–H groups in total. The van der Waals surface area contributed by atoms with Gasteiger partial charge in [0.25, 0.3) is 0 Å². The number of imidazole rings is 1. The minimum absolute atomic E-state index is 0.0134. The first-order valence-corrected chi connectivity index (χ1v) is 9.59. The number of anilines is 1. The van der Waals surface area contributed by atoms with Crippen molar-refractivity contribution < 1.29 is 14.7 Å². The number of aromatic nitrogens is 2. The molecular weight excluding hydrogens is 411 g/mol. The Morgan fingerprint density at radius 1 is 1.30 bits per heavy atom. The summed E-state index contributed by atoms with van der Waals surface area (Å²) in [5.41, 5.74) is 1.01. The average molecular weight is 429 g/mol. The summed E-state index contributed by atoms with van der Waals surface area (Å²) in [7, 11) is 0. The summed E-state index contributed by atoms with van der Waals surface area (Å²) in [5.74, 6) is -0.449. The van der Waals surface area contributed by atoms with Crippen LogP contribution in [-0.4, -0.2) is 38.8 Å². The Kier molecular flexibility index (Phi) is 8.18. The topological polar surface area (TPSA) is 96.2 Å². The Bertz CT molecular complexity index is 842. The van der Waals surface area contributed by atoms with Gasteiger partial charge < -0.3 is 20.3 Å². The molecule has 0 aliphatic heterocycles. The molecule has 0 aliphatic carbocycles. The molecule has 0 radical (unpaired) electrons. The number of halogens is 2. The van der Waals surface area contributed by atoms with E-state index in [-0.39, 0.29) is 30.7 Å². The van der Waals surface area contributed by atoms with E-state index in [1.165, 1.54) is 6.20 Å². The Balaban J connectivity index is 1.98. The van der Waals surface area contributed by atoms with Gasteiger partial charge in [0.2, 0.25) is 11.8 Å². The van der Waals surface area contributed by atoms with Crippen LogP contribution in [0.25, 0.3) is 0 Å². The number of nitrogens with zero attached hydrogens (tertiary/aromatic N) is 2. The van der Waals surface area contributed by atoms with E-state index < -0.39 is 0 Å². The molecule has 0 spiro atoms. The number of carbonyl (C=O) groups is 2. The predicted octanol–water partition coefficient (Wildman–Crippen LogP) is 2.72. The van der Waals surface area contributed by atoms with E-state index in [4.69, 9.17) is 23.2 Å². The number of rotatable bonds is 9. The predicted molar refractivity (Wildman–Crippen MR) is 107 cm³/mol. The van der Waals surface area contributed by atoms with Gasteiger partial charge in [-0.1, -0.05) is 41.0 Å². The van der Waals surface area contributed by atoms with Crippen LogP contribution in [0.2, 0.25) is 10.0 Å². The fourth-order valence-electron chi connectivity index (χ4n) is 2.09. The molecule has 0 saturated heterocycles. The van der Waals surface area contributed by atoms with Crippen molar-refractivity contribution in [2.45, 2.75) is 18.3 Å². The van der Waals surface area contributed by atoms with Gasteiger partial charge in [-0.25, -0.2) is 4.98 Å². The van der Waals surface area contributed by atoms with Crippen LogP contribution in [0.1, 0.15) is 5.69 Å². The number of aliphatic hydroxyl groups is 1. The number of nitrogens with one attached hydrogen (secondary N) is 2. The van der Waals surface area contributed by atoms with Gasteiger partial charge in [0.05, 0.1) is 34.3 Å². The highest BCUT2D eigenvalue weighted by Crippen LogP contribution is 2.25. The third-order valence-corrected chi connectivity index (χ3v) is 5.07. The first kappa shape index (κ1) is 21.3. The molecule has 2 rings (SSSR count). The van der Waals surface area contributed by atoms with Crippen molar-refractivity contribution in [2.24, 2.45) is 0 Å². The SMILES string of the molecule is C=CCNC(=O)Cn1c(CO)cnc1SCC(=O)Nc1ccc(Cl)c(Cl)c1. The van der Waals surface area contributed by atoms with Crippen LogP contribution < -0.4 is 10.6 Å². The van der Waals surface area contributed by atoms with Gasteiger partial charge in [0.15, 0.2) is 5.16 Å². The molecule has 27 heavy (non-hydrogen) atoms. The highest BCUT2D eigenvalue weighted by Gasteiger charge is 2.15. The zero-order chi connectivity index (χ0) is 19.8. The molecule has 0 saturated carbocycles. The lowest BCUT2D eigenvalue weighted by Gasteiger charge is -2.11. The molecule has 0 fully saturated rings. The second kappa shape index (κ2) is 10.4. The summed E-state index contributed by atoms with van der Waals surface area (Å²) in [5, 5.41) is 16.0. The molecule has 0 bridgehead atoms. The summed E-state index contributed by atoms with van der Waals surface area (Å²) in [6.45, 7) is 3.60. The molecule has 10 heteroatoms. The molecule has 144 valence electrons. The van der Waals surface area contributed by atoms with E-state index in [2.05, 4.69) is 22.2 Å². The number of hydrogen-bond donors (Lipinski definition) is 3. The highest BCUT2D eigenvalue weighted by molar-refractivity contribution is 7.99. The van der Waals surface area contributed by atoms with Crippen LogP contribution in [0, 0.1) is 0 Å². The maximum absolute atomic E-state index is 12.1. The number of hydrogen-bond acceptors (Lipinski definition) is 5. The molecular formula is C17H18Cl2N4O3S. The Labute approximate surface area is 170 Å². The maximum atomic E-state index is 12.1. The molecule has 0 aliphatic rings. The average Bonchev–Trinajstić information content (AvgIpc) is 3.03. The van der Waals surface area contributed by atoms with Crippen molar-refractivity contribution in [3.05, 3.63) is 52.8 Å². The van der Waals surface area contributed by atoms with Crippen LogP contribution in [0.4, 0.5) is 5.69 Å². The van der Waals surface area contributed by atoms with Gasteiger partial charge in [-0.3, -0.25) is 9.59 Å². The van der Waals surface area contributed by atoms with Gasteiger partial charge in [-0.2, -0.15) is 0 Å². The number of aliphatic hydroxyl groups excluding tert-OH is 1. The third kappa shape index (κ3) is 6.28. The summed E-state index contributed by atoms with van der Waals surface area (Å²) in [4.78, 5) is 28.2. The highest BCUT2D eigenvalue weighted by atomic mass is 35.5. The van der Waals surface area contributed by atoms with Gasteiger partial charge in [0, 0.05) is 12.2 Å². The first-order valence-electron chi connectivity index (χ1n) is 7.85. The Morgan fingerprint density at radius 3 is 2.74 bits per heavy atom. The summed E-state index contributed by atoms with van der Waals surface area (Å²) in [6, 6.07) is 4.79. The number of amides is 2. The summed E-state index contributed by atoms with van der Waals surface area (Å²) < 4.78 is 1.57. The van der Waals surface area contributed by atoms with Crippen LogP contribution in [0.15, 0.2) is 42.2 Å². The van der Waals surface area contributed by atoms with Crippen molar-refractivity contribution in [2.75, 3.05) is 17.6 Å². The molecule has 1 aromatic heterocycles. The number of thioether (sulfide) groups is 1. The van der Waals surface area contributed by atoms with Gasteiger partial charge >= 0.3 is 0 Å². The van der Waals surface area contributed by atoms with E-state index in [9.17, 15) is 14.7 Å². The quantitative estimate of drug-likeness (QED) is 0.421. The van der Waals surface area contributed by atoms with Crippen LogP contribution in [0.3, 0.4) is 0 Å². The Morgan fingerprint density at radius 2 is 2.07 bits per heavy atom. The zero-order valence-corrected chi connectivity index (χ0v) is 16.6. The monoisotopic (exact) mass is 428 g/mol. The fourth-order valence-corrected chi connectivity index (χ4v) is 3.18. The summed E-state index contributed by atoms with van der Waals surface area (Å²) in [6.07, 6.45) is 3.04. The Hall–Kier alpha value is -2.00. The first-order chi connectivity index (χ1) is 12.9. The number of carbonyl (C=O) groups excluding carboxylic acids is 2. The molecule has 2 amide bonds. The minimum Gasteiger partial charge on any atom is -0.390 e. The molecule has 0 atom stereocenters. The van der Waals surface area contributed by atoms with Gasteiger partial charge in [-0.15, -0.1) is 6.58 Å². The van der Waals surface area contributed by atoms with Crippen molar-refractivity contribution in [3.63, 3.8) is 0 Å². The van der Waals surface area contributed by atoms with Crippen molar-refractivity contribution in [1.29, 1.82) is 0 Å². The smallest absolute Gasteiger partial charge is 0.240 e. The van der Waals surface area contributed by atoms with E-state index in [1.54, 1.807) is 28.8 Å². The van der Waals surface area contributed by atoms with Crippen molar-refractivity contribution in [3.8, 4) is 0 Å². The lowest BCUT2D eigenvalue weighted by atomic mass is 10.3. The van der Waals surface area contributed by atoms with Crippen molar-refractivity contribution in [1.82, 2.24) is 14.9 Å². The fraction of sp³-hybridized carbons (Fsp3) is 0.235. The van der Waals surface area contributed by atoms with Gasteiger partial charge in [0.1, 0.15) is 6.54 Å². The molecule has 7 nitrogen and oxygen atoms in total. The molecule has 1 heterocycles. The normalized spacial score (nSPS) is 10.5. The standard InChI is InChI=1S/C17H18Cl2N4O3S/c1-2-5-20-15(25)8-23-12(9-24)7-21-17(23)27-10-16(26)22-11-3-4-13(18)14(19)6-11/h2-4,6-7,24H,1,5,8-10H2,(H,20,25)(H,22,26). The molecule has 0 unspecified atom stereocenters. The van der Waals surface area contributed by atoms with E-state index in [1.807, 2.05) is 0 Å². The second-order valence-electron chi connectivity index (χ2n) is 5.33. The largest absolute Gasteiger partial charge is 0.390 e. The molecule has 2 aromatic rings. The van der Waals surface area contributed by atoms with Gasteiger partial charge in [-0.05, 0) is 18.2 Å². The molecule has 1 aromatic carbocycles. The van der Waals surface area contributed by atoms with E-state index in [0.29, 0.717) is 33.1 Å². The zero-order valence-electron chi connectivity index (χ0n) is 14.2. The lowest BCUT2D eigenvalue weighted by molar-refractivity contribution is -0.121. The maximum Gasteiger partial charge on any atom is 0.240 e. The van der Waals surface area contributed by atoms with E-state index in [0.717, 1.165) is 11.8 Å². The van der Waals surface area contributed by atoms with Crippen LogP contribution in [-0.2, 0) is 22.7 Å². The van der Waals surface area contributed by atoms with Crippen LogP contribution in [0.5, 0.6) is 0 Å².